The first kappa shape index (κ1) is 20.6. The van der Waals surface area contributed by atoms with Crippen LogP contribution in [0.25, 0.3) is 0 Å². The van der Waals surface area contributed by atoms with E-state index in [-0.39, 0.29) is 42.6 Å². The second-order valence-electron chi connectivity index (χ2n) is 7.63. The smallest absolute Gasteiger partial charge is 0.313 e. The van der Waals surface area contributed by atoms with E-state index in [4.69, 9.17) is 21.1 Å². The summed E-state index contributed by atoms with van der Waals surface area (Å²) in [5, 5.41) is 0. The lowest BCUT2D eigenvalue weighted by molar-refractivity contribution is -0.150. The van der Waals surface area contributed by atoms with Gasteiger partial charge in [-0.05, 0) is 29.7 Å². The molecule has 0 aliphatic heterocycles. The average molecular weight is 406 g/mol. The molecule has 0 amide bonds. The van der Waals surface area contributed by atoms with Crippen LogP contribution in [0.15, 0.2) is 60.7 Å². The predicted octanol–water partition coefficient (Wildman–Crippen LogP) is 4.71. The highest BCUT2D eigenvalue weighted by Crippen LogP contribution is 2.54. The van der Waals surface area contributed by atoms with Crippen molar-refractivity contribution in [3.8, 4) is 0 Å². The quantitative estimate of drug-likeness (QED) is 0.448. The molecule has 1 aliphatic carbocycles. The third-order valence-corrected chi connectivity index (χ3v) is 5.36. The number of aromatic nitrogens is 1. The van der Waals surface area contributed by atoms with Gasteiger partial charge in [-0.25, -0.2) is 4.39 Å². The molecule has 1 aliphatic rings. The summed E-state index contributed by atoms with van der Waals surface area (Å²) in [7, 11) is 0. The Labute approximate surface area is 169 Å². The maximum absolute atomic E-state index is 13.1. The van der Waals surface area contributed by atoms with Crippen molar-refractivity contribution < 1.29 is 18.7 Å². The molecule has 1 saturated carbocycles. The summed E-state index contributed by atoms with van der Waals surface area (Å²) in [6.45, 7) is 4.14. The van der Waals surface area contributed by atoms with Crippen molar-refractivity contribution in [2.24, 2.45) is 11.3 Å². The summed E-state index contributed by atoms with van der Waals surface area (Å²) < 4.78 is 26.0. The van der Waals surface area contributed by atoms with E-state index < -0.39 is 5.83 Å². The van der Waals surface area contributed by atoms with Crippen LogP contribution in [0.4, 0.5) is 4.39 Å². The van der Waals surface area contributed by atoms with Crippen molar-refractivity contribution in [1.82, 2.24) is 4.57 Å². The number of benzene rings is 1. The third-order valence-electron chi connectivity index (χ3n) is 5.11. The molecule has 3 rings (SSSR count). The van der Waals surface area contributed by atoms with Gasteiger partial charge in [-0.15, -0.1) is 11.6 Å². The highest BCUT2D eigenvalue weighted by Gasteiger charge is 2.64. The summed E-state index contributed by atoms with van der Waals surface area (Å²) in [5.41, 5.74) is 2.07. The summed E-state index contributed by atoms with van der Waals surface area (Å²) in [5.74, 6) is -1.25. The molecule has 2 atom stereocenters. The summed E-state index contributed by atoms with van der Waals surface area (Å²) >= 11 is 5.39. The van der Waals surface area contributed by atoms with Crippen LogP contribution in [0.1, 0.15) is 25.0 Å². The van der Waals surface area contributed by atoms with Crippen molar-refractivity contribution in [1.29, 1.82) is 0 Å². The number of alkyl halides is 1. The van der Waals surface area contributed by atoms with Crippen LogP contribution in [0.3, 0.4) is 0 Å². The molecule has 150 valence electrons. The van der Waals surface area contributed by atoms with Crippen molar-refractivity contribution in [3.63, 3.8) is 0 Å². The molecule has 6 heteroatoms. The number of carbonyl (C=O) groups is 1. The van der Waals surface area contributed by atoms with Crippen LogP contribution in [0.2, 0.25) is 0 Å². The molecule has 1 heterocycles. The van der Waals surface area contributed by atoms with E-state index in [1.807, 2.05) is 55.1 Å². The molecule has 0 spiro atoms. The SMILES string of the molecule is CC1(C)C(OCC=C(F)CCl)C1C(=O)OCn1ccc(Cc2ccccc2)c1. The molecule has 0 radical (unpaired) electrons. The first-order valence-electron chi connectivity index (χ1n) is 9.29. The highest BCUT2D eigenvalue weighted by molar-refractivity contribution is 6.19. The van der Waals surface area contributed by atoms with Gasteiger partial charge < -0.3 is 14.0 Å². The Bertz CT molecular complexity index is 831. The van der Waals surface area contributed by atoms with Crippen molar-refractivity contribution in [2.75, 3.05) is 12.5 Å². The predicted molar refractivity (Wildman–Crippen MR) is 107 cm³/mol. The summed E-state index contributed by atoms with van der Waals surface area (Å²) in [6.07, 6.45) is 5.72. The van der Waals surface area contributed by atoms with Crippen molar-refractivity contribution in [3.05, 3.63) is 71.8 Å². The lowest BCUT2D eigenvalue weighted by Crippen LogP contribution is -2.14. The molecule has 2 aromatic rings. The van der Waals surface area contributed by atoms with Gasteiger partial charge in [0.15, 0.2) is 6.73 Å². The Morgan fingerprint density at radius 2 is 2.00 bits per heavy atom. The van der Waals surface area contributed by atoms with Gasteiger partial charge in [0, 0.05) is 17.8 Å². The number of halogens is 2. The van der Waals surface area contributed by atoms with Gasteiger partial charge in [0.1, 0.15) is 5.83 Å². The zero-order chi connectivity index (χ0) is 20.1. The average Bonchev–Trinajstić information content (AvgIpc) is 3.00. The zero-order valence-corrected chi connectivity index (χ0v) is 16.9. The summed E-state index contributed by atoms with van der Waals surface area (Å²) in [4.78, 5) is 12.4. The lowest BCUT2D eigenvalue weighted by Gasteiger charge is -2.06. The first-order valence-corrected chi connectivity index (χ1v) is 9.82. The molecule has 0 N–H and O–H groups in total. The van der Waals surface area contributed by atoms with E-state index in [1.54, 1.807) is 0 Å². The second-order valence-corrected chi connectivity index (χ2v) is 7.89. The molecular formula is C22H25ClFNO3. The number of hydrogen-bond acceptors (Lipinski definition) is 3. The molecular weight excluding hydrogens is 381 g/mol. The van der Waals surface area contributed by atoms with Gasteiger partial charge in [-0.3, -0.25) is 4.79 Å². The van der Waals surface area contributed by atoms with Crippen LogP contribution in [0, 0.1) is 11.3 Å². The molecule has 1 fully saturated rings. The van der Waals surface area contributed by atoms with E-state index in [9.17, 15) is 9.18 Å². The van der Waals surface area contributed by atoms with Gasteiger partial charge in [0.25, 0.3) is 0 Å². The minimum absolute atomic E-state index is 0.0941. The standard InChI is InChI=1S/C22H25ClFNO3/c1-22(2)19(20(22)27-11-9-18(24)13-23)21(26)28-15-25-10-8-17(14-25)12-16-6-4-3-5-7-16/h3-10,14,19-20H,11-13,15H2,1-2H3. The van der Waals surface area contributed by atoms with Crippen LogP contribution in [0.5, 0.6) is 0 Å². The third kappa shape index (κ3) is 5.03. The fourth-order valence-corrected chi connectivity index (χ4v) is 3.47. The van der Waals surface area contributed by atoms with E-state index in [0.29, 0.717) is 0 Å². The number of esters is 1. The fourth-order valence-electron chi connectivity index (χ4n) is 3.36. The Morgan fingerprint density at radius 3 is 2.71 bits per heavy atom. The zero-order valence-electron chi connectivity index (χ0n) is 16.1. The Hall–Kier alpha value is -2.11. The molecule has 0 bridgehead atoms. The van der Waals surface area contributed by atoms with Gasteiger partial charge in [-0.1, -0.05) is 44.2 Å². The van der Waals surface area contributed by atoms with Gasteiger partial charge in [0.05, 0.1) is 24.5 Å². The molecule has 4 nitrogen and oxygen atoms in total. The Balaban J connectivity index is 1.48. The number of allylic oxidation sites excluding steroid dienone is 1. The molecule has 1 aromatic heterocycles. The minimum atomic E-state index is -0.432. The lowest BCUT2D eigenvalue weighted by atomic mass is 10.1. The van der Waals surface area contributed by atoms with Gasteiger partial charge in [-0.2, -0.15) is 0 Å². The minimum Gasteiger partial charge on any atom is -0.444 e. The number of carbonyl (C=O) groups excluding carboxylic acids is 1. The Kier molecular flexibility index (Phi) is 6.57. The second kappa shape index (κ2) is 8.93. The number of nitrogens with zero attached hydrogens (tertiary/aromatic N) is 1. The Morgan fingerprint density at radius 1 is 1.25 bits per heavy atom. The van der Waals surface area contributed by atoms with E-state index in [0.717, 1.165) is 12.0 Å². The fraction of sp³-hybridized carbons (Fsp3) is 0.409. The van der Waals surface area contributed by atoms with Crippen LogP contribution in [-0.4, -0.2) is 29.1 Å². The maximum atomic E-state index is 13.1. The summed E-state index contributed by atoms with van der Waals surface area (Å²) in [6, 6.07) is 12.2. The van der Waals surface area contributed by atoms with Crippen molar-refractivity contribution >= 4 is 17.6 Å². The van der Waals surface area contributed by atoms with Crippen molar-refractivity contribution in [2.45, 2.75) is 33.1 Å². The van der Waals surface area contributed by atoms with Crippen LogP contribution in [-0.2, 0) is 27.4 Å². The molecule has 2 unspecified atom stereocenters. The molecule has 1 aromatic carbocycles. The van der Waals surface area contributed by atoms with Crippen LogP contribution < -0.4 is 0 Å². The largest absolute Gasteiger partial charge is 0.444 e. The normalized spacial score (nSPS) is 20.8. The highest BCUT2D eigenvalue weighted by atomic mass is 35.5. The molecule has 28 heavy (non-hydrogen) atoms. The van der Waals surface area contributed by atoms with Gasteiger partial charge >= 0.3 is 5.97 Å². The topological polar surface area (TPSA) is 40.5 Å². The van der Waals surface area contributed by atoms with Crippen LogP contribution >= 0.6 is 11.6 Å². The first-order chi connectivity index (χ1) is 13.4. The van der Waals surface area contributed by atoms with E-state index in [2.05, 4.69) is 12.1 Å². The van der Waals surface area contributed by atoms with Gasteiger partial charge in [0.2, 0.25) is 0 Å². The number of rotatable bonds is 9. The van der Waals surface area contributed by atoms with E-state index >= 15 is 0 Å². The molecule has 0 saturated heterocycles. The maximum Gasteiger partial charge on any atom is 0.313 e. The van der Waals surface area contributed by atoms with E-state index in [1.165, 1.54) is 11.6 Å². The monoisotopic (exact) mass is 405 g/mol. The number of hydrogen-bond donors (Lipinski definition) is 0. The number of ether oxygens (including phenoxy) is 2.